The maximum absolute atomic E-state index is 12.6. The third-order valence-corrected chi connectivity index (χ3v) is 8.23. The van der Waals surface area contributed by atoms with Crippen molar-refractivity contribution in [1.82, 2.24) is 0 Å². The minimum absolute atomic E-state index is 0.0668. The van der Waals surface area contributed by atoms with E-state index in [2.05, 4.69) is 0 Å². The molecule has 0 bridgehead atoms. The second-order valence-corrected chi connectivity index (χ2v) is 10.8. The van der Waals surface area contributed by atoms with E-state index >= 15 is 0 Å². The van der Waals surface area contributed by atoms with Gasteiger partial charge in [0.05, 0.1) is 6.61 Å². The normalized spacial score (nSPS) is 13.8. The highest BCUT2D eigenvalue weighted by atomic mass is 32.7. The molecule has 6 nitrogen and oxygen atoms in total. The van der Waals surface area contributed by atoms with Gasteiger partial charge in [-0.3, -0.25) is 4.52 Å². The van der Waals surface area contributed by atoms with Gasteiger partial charge in [0.2, 0.25) is 0 Å². The first-order valence-corrected chi connectivity index (χ1v) is 12.6. The lowest BCUT2D eigenvalue weighted by molar-refractivity contribution is 0.296. The maximum atomic E-state index is 12.6. The zero-order valence-electron chi connectivity index (χ0n) is 14.5. The molecule has 26 heavy (non-hydrogen) atoms. The largest absolute Gasteiger partial charge is 0.440 e. The first kappa shape index (κ1) is 20.8. The maximum Gasteiger partial charge on any atom is 0.440 e. The molecule has 0 saturated heterocycles. The molecule has 0 fully saturated rings. The molecule has 9 heteroatoms. The summed E-state index contributed by atoms with van der Waals surface area (Å²) < 4.78 is 52.9. The molecule has 2 aromatic rings. The van der Waals surface area contributed by atoms with E-state index < -0.39 is 16.9 Å². The van der Waals surface area contributed by atoms with E-state index in [0.717, 1.165) is 17.8 Å². The van der Waals surface area contributed by atoms with Crippen molar-refractivity contribution in [3.63, 3.8) is 0 Å². The fourth-order valence-electron chi connectivity index (χ4n) is 1.90. The molecule has 0 aliphatic rings. The number of benzene rings is 2. The van der Waals surface area contributed by atoms with Crippen LogP contribution in [0.15, 0.2) is 59.5 Å². The van der Waals surface area contributed by atoms with E-state index in [1.165, 1.54) is 36.4 Å². The lowest BCUT2D eigenvalue weighted by Gasteiger charge is -2.17. The molecular formula is C17H21O6PS2. The van der Waals surface area contributed by atoms with E-state index in [4.69, 9.17) is 13.2 Å². The topological polar surface area (TPSA) is 78.9 Å². The van der Waals surface area contributed by atoms with Crippen LogP contribution < -0.4 is 8.71 Å². The van der Waals surface area contributed by atoms with Gasteiger partial charge < -0.3 is 8.71 Å². The molecule has 0 aromatic heterocycles. The van der Waals surface area contributed by atoms with E-state index in [-0.39, 0.29) is 17.3 Å². The zero-order chi connectivity index (χ0) is 19.0. The first-order valence-electron chi connectivity index (χ1n) is 8.07. The van der Waals surface area contributed by atoms with Gasteiger partial charge in [-0.05, 0) is 61.1 Å². The summed E-state index contributed by atoms with van der Waals surface area (Å²) in [6.07, 6.45) is 0.842. The van der Waals surface area contributed by atoms with Gasteiger partial charge in [-0.2, -0.15) is 8.42 Å². The summed E-state index contributed by atoms with van der Waals surface area (Å²) in [6.45, 7) is 0.683. The average Bonchev–Trinajstić information content (AvgIpc) is 2.62. The Labute approximate surface area is 158 Å². The number of hydrogen-bond acceptors (Lipinski definition) is 7. The Hall–Kier alpha value is -1.47. The van der Waals surface area contributed by atoms with Crippen LogP contribution in [-0.2, 0) is 19.2 Å². The van der Waals surface area contributed by atoms with E-state index in [0.29, 0.717) is 11.5 Å². The summed E-state index contributed by atoms with van der Waals surface area (Å²) in [6, 6.07) is 13.7. The summed E-state index contributed by atoms with van der Waals surface area (Å²) in [4.78, 5) is 0.0668. The molecule has 1 unspecified atom stereocenters. The molecule has 0 N–H and O–H groups in total. The van der Waals surface area contributed by atoms with Gasteiger partial charge in [0.15, 0.2) is 0 Å². The van der Waals surface area contributed by atoms with Gasteiger partial charge >= 0.3 is 16.9 Å². The number of rotatable bonds is 10. The second kappa shape index (κ2) is 9.46. The van der Waals surface area contributed by atoms with Crippen molar-refractivity contribution < 1.29 is 26.2 Å². The van der Waals surface area contributed by atoms with Crippen LogP contribution in [0.5, 0.6) is 11.5 Å². The number of hydrogen-bond donors (Lipinski definition) is 0. The smallest absolute Gasteiger partial charge is 0.417 e. The van der Waals surface area contributed by atoms with Gasteiger partial charge in [-0.15, -0.1) is 0 Å². The molecule has 0 radical (unpaired) electrons. The minimum Gasteiger partial charge on any atom is -0.417 e. The Kier molecular flexibility index (Phi) is 7.58. The Morgan fingerprint density at radius 3 is 2.15 bits per heavy atom. The van der Waals surface area contributed by atoms with Crippen molar-refractivity contribution in [2.24, 2.45) is 0 Å². The van der Waals surface area contributed by atoms with Gasteiger partial charge in [0.25, 0.3) is 0 Å². The van der Waals surface area contributed by atoms with Gasteiger partial charge in [0.1, 0.15) is 16.4 Å². The van der Waals surface area contributed by atoms with Crippen LogP contribution in [0.3, 0.4) is 0 Å². The van der Waals surface area contributed by atoms with E-state index in [9.17, 15) is 13.0 Å². The van der Waals surface area contributed by atoms with E-state index in [1.807, 2.05) is 6.92 Å². The molecule has 2 aromatic carbocycles. The Morgan fingerprint density at radius 2 is 1.58 bits per heavy atom. The molecule has 0 spiro atoms. The molecule has 0 aliphatic carbocycles. The first-order chi connectivity index (χ1) is 12.4. The molecule has 0 saturated carbocycles. The van der Waals surface area contributed by atoms with Crippen molar-refractivity contribution in [1.29, 1.82) is 0 Å². The van der Waals surface area contributed by atoms with Crippen LogP contribution in [0.4, 0.5) is 0 Å². The van der Waals surface area contributed by atoms with Crippen LogP contribution in [-0.4, -0.2) is 20.8 Å². The molecule has 1 atom stereocenters. The third kappa shape index (κ3) is 6.06. The molecular weight excluding hydrogens is 395 g/mol. The SMILES string of the molecule is CCCSP(=O)(OCC)Oc1ccc(OS(=O)(=O)c2ccccc2)cc1. The Morgan fingerprint density at radius 1 is 0.962 bits per heavy atom. The van der Waals surface area contributed by atoms with Gasteiger partial charge in [-0.25, -0.2) is 4.57 Å². The molecule has 0 aliphatic heterocycles. The van der Waals surface area contributed by atoms with E-state index in [1.54, 1.807) is 25.1 Å². The van der Waals surface area contributed by atoms with Crippen molar-refractivity contribution in [3.8, 4) is 11.5 Å². The van der Waals surface area contributed by atoms with Gasteiger partial charge in [-0.1, -0.05) is 25.1 Å². The highest BCUT2D eigenvalue weighted by molar-refractivity contribution is 8.55. The lowest BCUT2D eigenvalue weighted by atomic mass is 10.3. The molecule has 0 heterocycles. The van der Waals surface area contributed by atoms with Crippen molar-refractivity contribution in [2.45, 2.75) is 25.2 Å². The Balaban J connectivity index is 2.09. The van der Waals surface area contributed by atoms with Crippen LogP contribution in [0.25, 0.3) is 0 Å². The highest BCUT2D eigenvalue weighted by Crippen LogP contribution is 2.60. The molecule has 142 valence electrons. The summed E-state index contributed by atoms with van der Waals surface area (Å²) in [5.41, 5.74) is 0. The predicted octanol–water partition coefficient (Wildman–Crippen LogP) is 5.12. The second-order valence-electron chi connectivity index (χ2n) is 5.11. The van der Waals surface area contributed by atoms with Gasteiger partial charge in [0, 0.05) is 5.75 Å². The average molecular weight is 416 g/mol. The van der Waals surface area contributed by atoms with Crippen molar-refractivity contribution in [2.75, 3.05) is 12.4 Å². The Bertz CT molecular complexity index is 837. The monoisotopic (exact) mass is 416 g/mol. The van der Waals surface area contributed by atoms with Crippen LogP contribution in [0.2, 0.25) is 0 Å². The predicted molar refractivity (Wildman–Crippen MR) is 103 cm³/mol. The zero-order valence-corrected chi connectivity index (χ0v) is 17.1. The van der Waals surface area contributed by atoms with Crippen molar-refractivity contribution in [3.05, 3.63) is 54.6 Å². The lowest BCUT2D eigenvalue weighted by Crippen LogP contribution is -2.09. The van der Waals surface area contributed by atoms with Crippen LogP contribution >= 0.6 is 18.2 Å². The van der Waals surface area contributed by atoms with Crippen LogP contribution in [0, 0.1) is 0 Å². The molecule has 0 amide bonds. The van der Waals surface area contributed by atoms with Crippen LogP contribution in [0.1, 0.15) is 20.3 Å². The summed E-state index contributed by atoms with van der Waals surface area (Å²) in [5.74, 6) is 1.09. The molecule has 2 rings (SSSR count). The minimum atomic E-state index is -3.91. The standard InChI is InChI=1S/C17H21O6PS2/c1-3-14-25-24(18,21-4-2)22-15-10-12-16(13-11-15)23-26(19,20)17-8-6-5-7-9-17/h5-13H,3-4,14H2,1-2H3. The summed E-state index contributed by atoms with van der Waals surface area (Å²) >= 11 is 1.14. The summed E-state index contributed by atoms with van der Waals surface area (Å²) in [5, 5.41) is 0. The third-order valence-electron chi connectivity index (χ3n) is 3.02. The highest BCUT2D eigenvalue weighted by Gasteiger charge is 2.26. The van der Waals surface area contributed by atoms with Crippen molar-refractivity contribution >= 4 is 28.3 Å². The fourth-order valence-corrected chi connectivity index (χ4v) is 6.31. The fraction of sp³-hybridized carbons (Fsp3) is 0.294. The summed E-state index contributed by atoms with van der Waals surface area (Å²) in [7, 11) is -3.91. The quantitative estimate of drug-likeness (QED) is 0.393.